The third kappa shape index (κ3) is 2.85. The van der Waals surface area contributed by atoms with Gasteiger partial charge in [-0.15, -0.1) is 11.8 Å². The van der Waals surface area contributed by atoms with Gasteiger partial charge in [0.05, 0.1) is 0 Å². The highest BCUT2D eigenvalue weighted by Gasteiger charge is 2.06. The second kappa shape index (κ2) is 5.44. The molecule has 2 N–H and O–H groups in total. The minimum absolute atomic E-state index is 0.244. The van der Waals surface area contributed by atoms with E-state index in [0.29, 0.717) is 10.6 Å². The van der Waals surface area contributed by atoms with Crippen LogP contribution in [0, 0.1) is 19.7 Å². The first-order valence-corrected chi connectivity index (χ1v) is 6.79. The third-order valence-electron chi connectivity index (χ3n) is 2.97. The summed E-state index contributed by atoms with van der Waals surface area (Å²) in [7, 11) is 0. The van der Waals surface area contributed by atoms with Gasteiger partial charge in [0.2, 0.25) is 0 Å². The maximum atomic E-state index is 13.7. The highest BCUT2D eigenvalue weighted by molar-refractivity contribution is 7.98. The molecular weight excluding hydrogens is 245 g/mol. The number of benzene rings is 2. The first-order valence-electron chi connectivity index (χ1n) is 5.81. The molecule has 2 aromatic carbocycles. The van der Waals surface area contributed by atoms with Crippen molar-refractivity contribution in [2.45, 2.75) is 24.5 Å². The van der Waals surface area contributed by atoms with Gasteiger partial charge in [-0.05, 0) is 48.7 Å². The molecule has 0 aliphatic heterocycles. The van der Waals surface area contributed by atoms with Gasteiger partial charge in [-0.2, -0.15) is 0 Å². The predicted octanol–water partition coefficient (Wildman–Crippen LogP) is 4.32. The summed E-state index contributed by atoms with van der Waals surface area (Å²) in [6.45, 7) is 4.17. The van der Waals surface area contributed by atoms with Crippen LogP contribution in [0.1, 0.15) is 16.7 Å². The minimum Gasteiger partial charge on any atom is -0.399 e. The molecule has 18 heavy (non-hydrogen) atoms. The minimum atomic E-state index is -0.244. The van der Waals surface area contributed by atoms with Gasteiger partial charge >= 0.3 is 0 Å². The van der Waals surface area contributed by atoms with Crippen LogP contribution in [0.25, 0.3) is 0 Å². The molecule has 0 aromatic heterocycles. The first kappa shape index (κ1) is 13.0. The zero-order valence-electron chi connectivity index (χ0n) is 10.5. The zero-order valence-corrected chi connectivity index (χ0v) is 11.4. The van der Waals surface area contributed by atoms with E-state index in [4.69, 9.17) is 5.73 Å². The van der Waals surface area contributed by atoms with Crippen LogP contribution in [0.15, 0.2) is 41.3 Å². The Morgan fingerprint density at radius 1 is 1.11 bits per heavy atom. The molecule has 3 heteroatoms. The monoisotopic (exact) mass is 261 g/mol. The van der Waals surface area contributed by atoms with Crippen molar-refractivity contribution in [3.05, 3.63) is 58.9 Å². The number of hydrogen-bond donors (Lipinski definition) is 1. The van der Waals surface area contributed by atoms with Crippen LogP contribution >= 0.6 is 11.8 Å². The van der Waals surface area contributed by atoms with Crippen molar-refractivity contribution in [3.8, 4) is 0 Å². The smallest absolute Gasteiger partial charge is 0.138 e. The molecule has 1 nitrogen and oxygen atoms in total. The maximum Gasteiger partial charge on any atom is 0.138 e. The summed E-state index contributed by atoms with van der Waals surface area (Å²) >= 11 is 1.51. The summed E-state index contributed by atoms with van der Waals surface area (Å²) in [5.74, 6) is 0.533. The van der Waals surface area contributed by atoms with Gasteiger partial charge in [0.25, 0.3) is 0 Å². The average Bonchev–Trinajstić information content (AvgIpc) is 2.31. The number of nitrogen functional groups attached to an aromatic ring is 1. The van der Waals surface area contributed by atoms with Gasteiger partial charge in [0.15, 0.2) is 0 Å². The molecule has 0 aliphatic rings. The predicted molar refractivity (Wildman–Crippen MR) is 76.3 cm³/mol. The number of anilines is 1. The summed E-state index contributed by atoms with van der Waals surface area (Å²) in [4.78, 5) is 0.645. The molecule has 0 saturated carbocycles. The molecule has 94 valence electrons. The Hall–Kier alpha value is -1.48. The van der Waals surface area contributed by atoms with Gasteiger partial charge in [0.1, 0.15) is 5.82 Å². The molecule has 0 saturated heterocycles. The Morgan fingerprint density at radius 2 is 1.78 bits per heavy atom. The second-order valence-corrected chi connectivity index (χ2v) is 5.37. The normalized spacial score (nSPS) is 10.6. The molecule has 0 spiro atoms. The quantitative estimate of drug-likeness (QED) is 0.658. The Kier molecular flexibility index (Phi) is 3.92. The standard InChI is InChI=1S/C15H16FNS/c1-10-4-3-5-11(2)13(10)9-18-15-7-6-12(17)8-14(15)16/h3-8H,9,17H2,1-2H3. The van der Waals surface area contributed by atoms with Crippen LogP contribution in [-0.2, 0) is 5.75 Å². The van der Waals surface area contributed by atoms with E-state index in [-0.39, 0.29) is 5.82 Å². The molecule has 0 bridgehead atoms. The SMILES string of the molecule is Cc1cccc(C)c1CSc1ccc(N)cc1F. The highest BCUT2D eigenvalue weighted by atomic mass is 32.2. The summed E-state index contributed by atoms with van der Waals surface area (Å²) in [5, 5.41) is 0. The van der Waals surface area contributed by atoms with Crippen LogP contribution in [0.3, 0.4) is 0 Å². The number of rotatable bonds is 3. The lowest BCUT2D eigenvalue weighted by Gasteiger charge is -2.10. The lowest BCUT2D eigenvalue weighted by atomic mass is 10.1. The lowest BCUT2D eigenvalue weighted by Crippen LogP contribution is -1.92. The van der Waals surface area contributed by atoms with E-state index in [1.165, 1.54) is 34.5 Å². The molecule has 0 atom stereocenters. The van der Waals surface area contributed by atoms with Crippen LogP contribution in [-0.4, -0.2) is 0 Å². The van der Waals surface area contributed by atoms with Gasteiger partial charge < -0.3 is 5.73 Å². The molecule has 0 amide bonds. The van der Waals surface area contributed by atoms with Gasteiger partial charge in [-0.25, -0.2) is 4.39 Å². The number of halogens is 1. The van der Waals surface area contributed by atoms with E-state index < -0.39 is 0 Å². The Balaban J connectivity index is 2.16. The number of hydrogen-bond acceptors (Lipinski definition) is 2. The van der Waals surface area contributed by atoms with Crippen molar-refractivity contribution in [1.29, 1.82) is 0 Å². The number of aryl methyl sites for hydroxylation is 2. The van der Waals surface area contributed by atoms with Crippen LogP contribution in [0.2, 0.25) is 0 Å². The van der Waals surface area contributed by atoms with Gasteiger partial charge in [0, 0.05) is 16.3 Å². The van der Waals surface area contributed by atoms with Crippen molar-refractivity contribution >= 4 is 17.4 Å². The molecule has 0 aliphatic carbocycles. The van der Waals surface area contributed by atoms with Crippen molar-refractivity contribution in [3.63, 3.8) is 0 Å². The van der Waals surface area contributed by atoms with Crippen LogP contribution < -0.4 is 5.73 Å². The lowest BCUT2D eigenvalue weighted by molar-refractivity contribution is 0.602. The van der Waals surface area contributed by atoms with E-state index in [9.17, 15) is 4.39 Å². The van der Waals surface area contributed by atoms with Crippen molar-refractivity contribution in [2.75, 3.05) is 5.73 Å². The van der Waals surface area contributed by atoms with Crippen LogP contribution in [0.5, 0.6) is 0 Å². The third-order valence-corrected chi connectivity index (χ3v) is 4.05. The molecule has 0 fully saturated rings. The Morgan fingerprint density at radius 3 is 2.39 bits per heavy atom. The second-order valence-electron chi connectivity index (χ2n) is 4.35. The molecule has 2 aromatic rings. The van der Waals surface area contributed by atoms with E-state index >= 15 is 0 Å². The Bertz CT molecular complexity index is 546. The summed E-state index contributed by atoms with van der Waals surface area (Å²) in [5.41, 5.74) is 9.77. The largest absolute Gasteiger partial charge is 0.399 e. The molecule has 0 radical (unpaired) electrons. The molecule has 0 heterocycles. The van der Waals surface area contributed by atoms with Gasteiger partial charge in [-0.3, -0.25) is 0 Å². The maximum absolute atomic E-state index is 13.7. The van der Waals surface area contributed by atoms with E-state index in [1.807, 2.05) is 6.07 Å². The number of thioether (sulfide) groups is 1. The average molecular weight is 261 g/mol. The summed E-state index contributed by atoms with van der Waals surface area (Å²) in [6, 6.07) is 11.1. The fourth-order valence-electron chi connectivity index (χ4n) is 1.86. The summed E-state index contributed by atoms with van der Waals surface area (Å²) in [6.07, 6.45) is 0. The van der Waals surface area contributed by atoms with E-state index in [2.05, 4.69) is 26.0 Å². The first-order chi connectivity index (χ1) is 8.58. The number of nitrogens with two attached hydrogens (primary N) is 1. The topological polar surface area (TPSA) is 26.0 Å². The fourth-order valence-corrected chi connectivity index (χ4v) is 2.98. The van der Waals surface area contributed by atoms with Gasteiger partial charge in [-0.1, -0.05) is 18.2 Å². The molecule has 0 unspecified atom stereocenters. The zero-order chi connectivity index (χ0) is 13.1. The van der Waals surface area contributed by atoms with Crippen molar-refractivity contribution < 1.29 is 4.39 Å². The Labute approximate surface area is 111 Å². The van der Waals surface area contributed by atoms with Crippen LogP contribution in [0.4, 0.5) is 10.1 Å². The van der Waals surface area contributed by atoms with E-state index in [1.54, 1.807) is 12.1 Å². The van der Waals surface area contributed by atoms with Crippen molar-refractivity contribution in [2.24, 2.45) is 0 Å². The van der Waals surface area contributed by atoms with Crippen molar-refractivity contribution in [1.82, 2.24) is 0 Å². The van der Waals surface area contributed by atoms with E-state index in [0.717, 1.165) is 5.75 Å². The fraction of sp³-hybridized carbons (Fsp3) is 0.200. The highest BCUT2D eigenvalue weighted by Crippen LogP contribution is 2.29. The summed E-state index contributed by atoms with van der Waals surface area (Å²) < 4.78 is 13.7. The molecular formula is C15H16FNS. The molecule has 2 rings (SSSR count).